The maximum atomic E-state index is 11.0. The van der Waals surface area contributed by atoms with Gasteiger partial charge in [0, 0.05) is 31.3 Å². The molecule has 2 heterocycles. The van der Waals surface area contributed by atoms with E-state index in [0.29, 0.717) is 0 Å². The molecule has 1 aromatic heterocycles. The summed E-state index contributed by atoms with van der Waals surface area (Å²) < 4.78 is 0. The smallest absolute Gasteiger partial charge is 0.248 e. The van der Waals surface area contributed by atoms with Gasteiger partial charge in [-0.05, 0) is 12.6 Å². The van der Waals surface area contributed by atoms with Gasteiger partial charge in [-0.2, -0.15) is 0 Å². The number of fused-ring (bicyclic) bond motifs is 1. The van der Waals surface area contributed by atoms with E-state index in [4.69, 9.17) is 0 Å². The lowest BCUT2D eigenvalue weighted by atomic mass is 10.1. The van der Waals surface area contributed by atoms with Gasteiger partial charge in [-0.3, -0.25) is 4.79 Å². The predicted molar refractivity (Wildman–Crippen MR) is 58.4 cm³/mol. The van der Waals surface area contributed by atoms with Gasteiger partial charge in [0.25, 0.3) is 0 Å². The average Bonchev–Trinajstić information content (AvgIpc) is 2.21. The van der Waals surface area contributed by atoms with Gasteiger partial charge in [-0.15, -0.1) is 0 Å². The standard InChI is InChI=1S/C9H12N2O.C2H6/c1-11-5-4-8-7(6-11)2-3-9(12)10-8;1-2/h2-3H,4-6H2,1H3,(H,10,12);1-2H3. The van der Waals surface area contributed by atoms with Crippen molar-refractivity contribution in [1.29, 1.82) is 0 Å². The molecular weight excluding hydrogens is 176 g/mol. The van der Waals surface area contributed by atoms with Crippen LogP contribution in [0.2, 0.25) is 0 Å². The van der Waals surface area contributed by atoms with Crippen LogP contribution in [0.4, 0.5) is 0 Å². The van der Waals surface area contributed by atoms with E-state index in [9.17, 15) is 4.79 Å². The normalized spacial score (nSPS) is 15.4. The highest BCUT2D eigenvalue weighted by atomic mass is 16.1. The number of nitrogens with zero attached hydrogens (tertiary/aromatic N) is 1. The number of hydrogen-bond donors (Lipinski definition) is 1. The molecule has 0 bridgehead atoms. The summed E-state index contributed by atoms with van der Waals surface area (Å²) in [6.07, 6.45) is 0.960. The fourth-order valence-electron chi connectivity index (χ4n) is 1.59. The van der Waals surface area contributed by atoms with E-state index in [1.54, 1.807) is 6.07 Å². The molecule has 0 saturated carbocycles. The lowest BCUT2D eigenvalue weighted by Crippen LogP contribution is -2.28. The Labute approximate surface area is 84.8 Å². The first kappa shape index (κ1) is 11.0. The zero-order valence-corrected chi connectivity index (χ0v) is 9.13. The Hall–Kier alpha value is -1.09. The summed E-state index contributed by atoms with van der Waals surface area (Å²) in [5.74, 6) is 0. The van der Waals surface area contributed by atoms with E-state index in [1.807, 2.05) is 19.9 Å². The fraction of sp³-hybridized carbons (Fsp3) is 0.545. The Morgan fingerprint density at radius 1 is 1.36 bits per heavy atom. The molecular formula is C11H18N2O. The fourth-order valence-corrected chi connectivity index (χ4v) is 1.59. The monoisotopic (exact) mass is 194 g/mol. The lowest BCUT2D eigenvalue weighted by molar-refractivity contribution is 0.309. The van der Waals surface area contributed by atoms with Crippen LogP contribution in [0.25, 0.3) is 0 Å². The summed E-state index contributed by atoms with van der Waals surface area (Å²) >= 11 is 0. The maximum Gasteiger partial charge on any atom is 0.248 e. The van der Waals surface area contributed by atoms with Crippen LogP contribution in [0, 0.1) is 0 Å². The molecule has 1 aromatic rings. The van der Waals surface area contributed by atoms with Gasteiger partial charge in [0.05, 0.1) is 0 Å². The SMILES string of the molecule is CC.CN1CCc2[nH]c(=O)ccc2C1. The molecule has 1 aliphatic heterocycles. The highest BCUT2D eigenvalue weighted by Gasteiger charge is 2.12. The number of aromatic amines is 1. The summed E-state index contributed by atoms with van der Waals surface area (Å²) in [6, 6.07) is 3.52. The van der Waals surface area contributed by atoms with Crippen LogP contribution in [0.15, 0.2) is 16.9 Å². The molecule has 0 fully saturated rings. The number of aromatic nitrogens is 1. The molecule has 3 nitrogen and oxygen atoms in total. The first-order chi connectivity index (χ1) is 6.75. The number of rotatable bonds is 0. The molecule has 2 rings (SSSR count). The molecule has 0 aromatic carbocycles. The summed E-state index contributed by atoms with van der Waals surface area (Å²) in [7, 11) is 2.09. The Morgan fingerprint density at radius 3 is 2.79 bits per heavy atom. The summed E-state index contributed by atoms with van der Waals surface area (Å²) in [6.45, 7) is 5.99. The first-order valence-electron chi connectivity index (χ1n) is 5.15. The topological polar surface area (TPSA) is 36.1 Å². The minimum atomic E-state index is 0.0123. The average molecular weight is 194 g/mol. The molecule has 0 radical (unpaired) electrons. The second-order valence-electron chi connectivity index (χ2n) is 3.31. The summed E-state index contributed by atoms with van der Waals surface area (Å²) in [4.78, 5) is 16.1. The zero-order chi connectivity index (χ0) is 10.6. The van der Waals surface area contributed by atoms with E-state index in [1.165, 1.54) is 5.56 Å². The molecule has 0 amide bonds. The van der Waals surface area contributed by atoms with E-state index in [2.05, 4.69) is 16.9 Å². The van der Waals surface area contributed by atoms with Crippen LogP contribution in [-0.2, 0) is 13.0 Å². The highest BCUT2D eigenvalue weighted by molar-refractivity contribution is 5.21. The second-order valence-corrected chi connectivity index (χ2v) is 3.31. The van der Waals surface area contributed by atoms with Crippen molar-refractivity contribution in [1.82, 2.24) is 9.88 Å². The minimum Gasteiger partial charge on any atom is -0.326 e. The highest BCUT2D eigenvalue weighted by Crippen LogP contribution is 2.12. The summed E-state index contributed by atoms with van der Waals surface area (Å²) in [5, 5.41) is 0. The van der Waals surface area contributed by atoms with Crippen LogP contribution in [-0.4, -0.2) is 23.5 Å². The van der Waals surface area contributed by atoms with Crippen molar-refractivity contribution in [2.24, 2.45) is 0 Å². The number of H-pyrrole nitrogens is 1. The Balaban J connectivity index is 0.000000461. The van der Waals surface area contributed by atoms with Crippen molar-refractivity contribution < 1.29 is 0 Å². The van der Waals surface area contributed by atoms with E-state index < -0.39 is 0 Å². The van der Waals surface area contributed by atoms with Gasteiger partial charge >= 0.3 is 0 Å². The number of pyridine rings is 1. The first-order valence-corrected chi connectivity index (χ1v) is 5.15. The van der Waals surface area contributed by atoms with E-state index in [-0.39, 0.29) is 5.56 Å². The molecule has 78 valence electrons. The minimum absolute atomic E-state index is 0.0123. The van der Waals surface area contributed by atoms with Gasteiger partial charge in [-0.1, -0.05) is 19.9 Å². The van der Waals surface area contributed by atoms with Crippen LogP contribution in [0.1, 0.15) is 25.1 Å². The third-order valence-electron chi connectivity index (χ3n) is 2.28. The number of likely N-dealkylation sites (N-methyl/N-ethyl adjacent to an activating group) is 1. The van der Waals surface area contributed by atoms with Gasteiger partial charge in [0.1, 0.15) is 0 Å². The van der Waals surface area contributed by atoms with Crippen LogP contribution in [0.5, 0.6) is 0 Å². The third-order valence-corrected chi connectivity index (χ3v) is 2.28. The van der Waals surface area contributed by atoms with Crippen molar-refractivity contribution in [2.45, 2.75) is 26.8 Å². The Bertz CT molecular complexity index is 343. The lowest BCUT2D eigenvalue weighted by Gasteiger charge is -2.23. The number of nitrogens with one attached hydrogen (secondary N) is 1. The van der Waals surface area contributed by atoms with Gasteiger partial charge < -0.3 is 9.88 Å². The number of hydrogen-bond acceptors (Lipinski definition) is 2. The second kappa shape index (κ2) is 4.96. The largest absolute Gasteiger partial charge is 0.326 e. The molecule has 14 heavy (non-hydrogen) atoms. The van der Waals surface area contributed by atoms with Gasteiger partial charge in [0.2, 0.25) is 5.56 Å². The van der Waals surface area contributed by atoms with Crippen molar-refractivity contribution in [2.75, 3.05) is 13.6 Å². The van der Waals surface area contributed by atoms with Gasteiger partial charge in [0.15, 0.2) is 0 Å². The van der Waals surface area contributed by atoms with E-state index >= 15 is 0 Å². The predicted octanol–water partition coefficient (Wildman–Crippen LogP) is 1.39. The van der Waals surface area contributed by atoms with Crippen molar-refractivity contribution in [3.63, 3.8) is 0 Å². The van der Waals surface area contributed by atoms with Gasteiger partial charge in [-0.25, -0.2) is 0 Å². The van der Waals surface area contributed by atoms with E-state index in [0.717, 1.165) is 25.2 Å². The van der Waals surface area contributed by atoms with Crippen molar-refractivity contribution in [3.05, 3.63) is 33.7 Å². The molecule has 3 heteroatoms. The third kappa shape index (κ3) is 2.45. The van der Waals surface area contributed by atoms with Crippen LogP contribution in [0.3, 0.4) is 0 Å². The Morgan fingerprint density at radius 2 is 2.07 bits per heavy atom. The molecule has 0 saturated heterocycles. The molecule has 1 N–H and O–H groups in total. The molecule has 0 spiro atoms. The zero-order valence-electron chi connectivity index (χ0n) is 9.13. The van der Waals surface area contributed by atoms with Crippen LogP contribution >= 0.6 is 0 Å². The summed E-state index contributed by atoms with van der Waals surface area (Å²) in [5.41, 5.74) is 2.38. The maximum absolute atomic E-state index is 11.0. The molecule has 0 aliphatic carbocycles. The van der Waals surface area contributed by atoms with Crippen LogP contribution < -0.4 is 5.56 Å². The van der Waals surface area contributed by atoms with Crippen molar-refractivity contribution >= 4 is 0 Å². The van der Waals surface area contributed by atoms with Crippen molar-refractivity contribution in [3.8, 4) is 0 Å². The Kier molecular flexibility index (Phi) is 3.89. The molecule has 1 aliphatic rings. The molecule has 0 unspecified atom stereocenters. The molecule has 0 atom stereocenters. The quantitative estimate of drug-likeness (QED) is 0.677.